The van der Waals surface area contributed by atoms with Gasteiger partial charge < -0.3 is 4.90 Å². The van der Waals surface area contributed by atoms with Crippen LogP contribution in [0.4, 0.5) is 5.95 Å². The third-order valence-electron chi connectivity index (χ3n) is 6.77. The molecule has 1 aliphatic rings. The minimum atomic E-state index is -3.65. The fourth-order valence-corrected chi connectivity index (χ4v) is 5.77. The number of hydrogen-bond donors (Lipinski definition) is 0. The second-order valence-corrected chi connectivity index (χ2v) is 11.5. The van der Waals surface area contributed by atoms with E-state index in [1.54, 1.807) is 33.6 Å². The molecule has 1 aromatic carbocycles. The maximum Gasteiger partial charge on any atom is 0.284 e. The first-order valence-electron chi connectivity index (χ1n) is 11.8. The number of fused-ring (bicyclic) bond motifs is 2. The zero-order valence-electron chi connectivity index (χ0n) is 20.1. The van der Waals surface area contributed by atoms with Crippen molar-refractivity contribution < 1.29 is 8.42 Å². The van der Waals surface area contributed by atoms with Gasteiger partial charge in [-0.2, -0.15) is 24.7 Å². The average Bonchev–Trinajstić information content (AvgIpc) is 3.63. The molecule has 11 nitrogen and oxygen atoms in total. The minimum absolute atomic E-state index is 0.139. The van der Waals surface area contributed by atoms with E-state index in [-0.39, 0.29) is 22.7 Å². The third-order valence-corrected chi connectivity index (χ3v) is 7.92. The lowest BCUT2D eigenvalue weighted by molar-refractivity contribution is 0.505. The molecule has 0 spiro atoms. The molecule has 0 saturated carbocycles. The molecule has 5 heterocycles. The Hall–Kier alpha value is -3.77. The molecule has 0 aliphatic carbocycles. The molecule has 0 bridgehead atoms. The summed E-state index contributed by atoms with van der Waals surface area (Å²) in [4.78, 5) is 24.3. The molecule has 0 N–H and O–H groups in total. The monoisotopic (exact) mass is 538 g/mol. The molecular formula is C24H23ClN8O3S. The summed E-state index contributed by atoms with van der Waals surface area (Å²) in [5.41, 5.74) is 1.11. The summed E-state index contributed by atoms with van der Waals surface area (Å²) < 4.78 is 29.3. The fraction of sp³-hybridized carbons (Fsp3) is 0.292. The van der Waals surface area contributed by atoms with Crippen LogP contribution in [0.2, 0.25) is 5.02 Å². The van der Waals surface area contributed by atoms with Gasteiger partial charge in [0.15, 0.2) is 5.65 Å². The Labute approximate surface area is 216 Å². The van der Waals surface area contributed by atoms with Crippen LogP contribution in [0.25, 0.3) is 16.9 Å². The van der Waals surface area contributed by atoms with E-state index in [1.165, 1.54) is 4.52 Å². The lowest BCUT2D eigenvalue weighted by Gasteiger charge is -2.31. The van der Waals surface area contributed by atoms with Gasteiger partial charge in [0.05, 0.1) is 16.9 Å². The molecule has 2 unspecified atom stereocenters. The number of para-hydroxylation sites is 1. The standard InChI is InChI=1S/C24H23ClN8O3S/c1-15(21-29-31-14-11-17(25)20(31)22(34)32(21)16-7-4-3-5-8-16)18-9-6-13-30(18)24-28-23(37(2,35)36)27-19-10-12-26-33(19)24/h3-5,7-8,10-12,14-15,18H,6,9,13H2,1-2H3. The van der Waals surface area contributed by atoms with Crippen molar-refractivity contribution in [2.24, 2.45) is 0 Å². The van der Waals surface area contributed by atoms with Gasteiger partial charge in [-0.05, 0) is 31.0 Å². The van der Waals surface area contributed by atoms with Gasteiger partial charge in [-0.3, -0.25) is 9.36 Å². The minimum Gasteiger partial charge on any atom is -0.337 e. The second-order valence-electron chi connectivity index (χ2n) is 9.16. The van der Waals surface area contributed by atoms with Crippen LogP contribution < -0.4 is 10.5 Å². The summed E-state index contributed by atoms with van der Waals surface area (Å²) in [6, 6.07) is 12.5. The van der Waals surface area contributed by atoms with Crippen LogP contribution in [0, 0.1) is 0 Å². The Balaban J connectivity index is 1.52. The largest absolute Gasteiger partial charge is 0.337 e. The van der Waals surface area contributed by atoms with E-state index in [9.17, 15) is 13.2 Å². The number of aromatic nitrogens is 7. The first-order valence-corrected chi connectivity index (χ1v) is 14.0. The quantitative estimate of drug-likeness (QED) is 0.335. The van der Waals surface area contributed by atoms with E-state index in [4.69, 9.17) is 16.7 Å². The highest BCUT2D eigenvalue weighted by Crippen LogP contribution is 2.34. The molecule has 1 aliphatic heterocycles. The average molecular weight is 539 g/mol. The number of sulfone groups is 1. The van der Waals surface area contributed by atoms with Crippen LogP contribution >= 0.6 is 11.6 Å². The van der Waals surface area contributed by atoms with Gasteiger partial charge in [-0.25, -0.2) is 12.9 Å². The van der Waals surface area contributed by atoms with E-state index in [1.807, 2.05) is 42.2 Å². The fourth-order valence-electron chi connectivity index (χ4n) is 5.04. The smallest absolute Gasteiger partial charge is 0.284 e. The summed E-state index contributed by atoms with van der Waals surface area (Å²) in [6.07, 6.45) is 5.96. The van der Waals surface area contributed by atoms with E-state index < -0.39 is 9.84 Å². The van der Waals surface area contributed by atoms with Gasteiger partial charge in [0, 0.05) is 37.0 Å². The molecule has 4 aromatic heterocycles. The highest BCUT2D eigenvalue weighted by molar-refractivity contribution is 7.90. The molecule has 6 rings (SSSR count). The lowest BCUT2D eigenvalue weighted by atomic mass is 9.98. The molecular weight excluding hydrogens is 516 g/mol. The summed E-state index contributed by atoms with van der Waals surface area (Å²) in [6.45, 7) is 2.65. The van der Waals surface area contributed by atoms with Gasteiger partial charge in [0.25, 0.3) is 10.7 Å². The van der Waals surface area contributed by atoms with Crippen LogP contribution in [0.5, 0.6) is 0 Å². The maximum absolute atomic E-state index is 13.7. The molecule has 5 aromatic rings. The lowest BCUT2D eigenvalue weighted by Crippen LogP contribution is -2.39. The molecule has 1 saturated heterocycles. The number of anilines is 1. The molecule has 13 heteroatoms. The Bertz CT molecular complexity index is 1810. The van der Waals surface area contributed by atoms with Crippen molar-refractivity contribution in [2.75, 3.05) is 17.7 Å². The Morgan fingerprint density at radius 2 is 1.89 bits per heavy atom. The highest BCUT2D eigenvalue weighted by Gasteiger charge is 2.36. The normalized spacial score (nSPS) is 17.2. The highest BCUT2D eigenvalue weighted by atomic mass is 35.5. The summed E-state index contributed by atoms with van der Waals surface area (Å²) in [5, 5.41) is 9.25. The van der Waals surface area contributed by atoms with E-state index in [2.05, 4.69) is 15.1 Å². The van der Waals surface area contributed by atoms with Crippen LogP contribution in [0.15, 0.2) is 64.8 Å². The zero-order chi connectivity index (χ0) is 25.9. The van der Waals surface area contributed by atoms with Crippen LogP contribution in [0.1, 0.15) is 31.5 Å². The van der Waals surface area contributed by atoms with Gasteiger partial charge in [-0.1, -0.05) is 36.7 Å². The van der Waals surface area contributed by atoms with Crippen molar-refractivity contribution >= 4 is 38.6 Å². The van der Waals surface area contributed by atoms with Gasteiger partial charge >= 0.3 is 0 Å². The Morgan fingerprint density at radius 1 is 1.11 bits per heavy atom. The predicted molar refractivity (Wildman–Crippen MR) is 138 cm³/mol. The van der Waals surface area contributed by atoms with Gasteiger partial charge in [0.2, 0.25) is 15.8 Å². The molecule has 1 fully saturated rings. The van der Waals surface area contributed by atoms with Crippen molar-refractivity contribution in [3.8, 4) is 5.69 Å². The van der Waals surface area contributed by atoms with Crippen LogP contribution in [-0.4, -0.2) is 61.0 Å². The molecule has 0 amide bonds. The maximum atomic E-state index is 13.7. The van der Waals surface area contributed by atoms with Crippen LogP contribution in [0.3, 0.4) is 0 Å². The van der Waals surface area contributed by atoms with Crippen molar-refractivity contribution in [3.63, 3.8) is 0 Å². The molecule has 2 atom stereocenters. The van der Waals surface area contributed by atoms with E-state index >= 15 is 0 Å². The molecule has 37 heavy (non-hydrogen) atoms. The first-order chi connectivity index (χ1) is 17.7. The molecule has 0 radical (unpaired) electrons. The first kappa shape index (κ1) is 23.6. The summed E-state index contributed by atoms with van der Waals surface area (Å²) >= 11 is 6.34. The Kier molecular flexibility index (Phi) is 5.53. The van der Waals surface area contributed by atoms with Gasteiger partial charge in [0.1, 0.15) is 11.3 Å². The number of halogens is 1. The topological polar surface area (TPSA) is 120 Å². The number of benzene rings is 1. The second kappa shape index (κ2) is 8.67. The summed E-state index contributed by atoms with van der Waals surface area (Å²) in [7, 11) is -3.65. The molecule has 190 valence electrons. The third kappa shape index (κ3) is 3.87. The zero-order valence-corrected chi connectivity index (χ0v) is 21.6. The van der Waals surface area contributed by atoms with Crippen LogP contribution in [-0.2, 0) is 9.84 Å². The van der Waals surface area contributed by atoms with Crippen molar-refractivity contribution in [1.82, 2.24) is 33.8 Å². The van der Waals surface area contributed by atoms with Crippen molar-refractivity contribution in [1.29, 1.82) is 0 Å². The SMILES string of the molecule is CC(c1nn2ccc(Cl)c2c(=O)n1-c1ccccc1)C1CCCN1c1nc(S(C)(=O)=O)nc2ccnn12. The van der Waals surface area contributed by atoms with E-state index in [0.29, 0.717) is 40.2 Å². The summed E-state index contributed by atoms with van der Waals surface area (Å²) in [5.74, 6) is 0.702. The number of rotatable bonds is 5. The number of nitrogens with zero attached hydrogens (tertiary/aromatic N) is 8. The Morgan fingerprint density at radius 3 is 2.65 bits per heavy atom. The number of hydrogen-bond acceptors (Lipinski definition) is 8. The van der Waals surface area contributed by atoms with Gasteiger partial charge in [-0.15, -0.1) is 0 Å². The van der Waals surface area contributed by atoms with Crippen molar-refractivity contribution in [3.05, 3.63) is 76.1 Å². The van der Waals surface area contributed by atoms with E-state index in [0.717, 1.165) is 19.1 Å². The van der Waals surface area contributed by atoms with Crippen molar-refractivity contribution in [2.45, 2.75) is 36.9 Å². The predicted octanol–water partition coefficient (Wildman–Crippen LogP) is 2.75.